The molecule has 2 aliphatic rings. The van der Waals surface area contributed by atoms with Crippen LogP contribution in [0.1, 0.15) is 73.4 Å². The molecule has 4 atom stereocenters. The van der Waals surface area contributed by atoms with Crippen LogP contribution in [-0.2, 0) is 15.0 Å². The summed E-state index contributed by atoms with van der Waals surface area (Å²) in [6.07, 6.45) is 4.50. The molecular formula is C32H32Cl2FN3O3. The maximum absolute atomic E-state index is 15.8. The minimum absolute atomic E-state index is 0.0854. The Morgan fingerprint density at radius 1 is 1.02 bits per heavy atom. The monoisotopic (exact) mass is 595 g/mol. The molecule has 3 aromatic carbocycles. The second-order valence-corrected chi connectivity index (χ2v) is 11.6. The largest absolute Gasteiger partial charge is 0.325 e. The third kappa shape index (κ3) is 5.27. The van der Waals surface area contributed by atoms with Gasteiger partial charge in [-0.05, 0) is 66.9 Å². The highest BCUT2D eigenvalue weighted by atomic mass is 35.5. The second-order valence-electron chi connectivity index (χ2n) is 10.8. The van der Waals surface area contributed by atoms with Crippen molar-refractivity contribution in [1.29, 1.82) is 0 Å². The van der Waals surface area contributed by atoms with Gasteiger partial charge in [-0.2, -0.15) is 0 Å². The predicted molar refractivity (Wildman–Crippen MR) is 160 cm³/mol. The normalized spacial score (nSPS) is 23.0. The number of carbonyl (C=O) groups excluding carboxylic acids is 3. The zero-order valence-corrected chi connectivity index (χ0v) is 24.4. The summed E-state index contributed by atoms with van der Waals surface area (Å²) in [5.74, 6) is -2.40. The number of amides is 2. The van der Waals surface area contributed by atoms with Crippen molar-refractivity contribution in [3.63, 3.8) is 0 Å². The number of anilines is 2. The first-order valence-corrected chi connectivity index (χ1v) is 14.7. The first kappa shape index (κ1) is 29.2. The van der Waals surface area contributed by atoms with Crippen molar-refractivity contribution in [2.24, 2.45) is 0 Å². The van der Waals surface area contributed by atoms with Gasteiger partial charge in [0, 0.05) is 33.9 Å². The molecule has 214 valence electrons. The number of nitrogens with one attached hydrogen (secondary N) is 3. The highest BCUT2D eigenvalue weighted by molar-refractivity contribution is 6.31. The molecule has 0 aliphatic carbocycles. The van der Waals surface area contributed by atoms with Crippen molar-refractivity contribution in [3.8, 4) is 0 Å². The van der Waals surface area contributed by atoms with E-state index in [1.54, 1.807) is 54.6 Å². The molecule has 3 aromatic rings. The van der Waals surface area contributed by atoms with Gasteiger partial charge < -0.3 is 16.0 Å². The molecule has 2 heterocycles. The van der Waals surface area contributed by atoms with Gasteiger partial charge in [-0.15, -0.1) is 0 Å². The topological polar surface area (TPSA) is 87.3 Å². The van der Waals surface area contributed by atoms with Gasteiger partial charge in [0.25, 0.3) is 0 Å². The molecule has 0 radical (unpaired) electrons. The molecule has 5 rings (SSSR count). The van der Waals surface area contributed by atoms with Crippen LogP contribution in [0.25, 0.3) is 0 Å². The minimum Gasteiger partial charge on any atom is -0.325 e. The molecule has 9 heteroatoms. The number of fused-ring (bicyclic) bond motifs is 2. The molecule has 1 saturated heterocycles. The number of rotatable bonds is 9. The van der Waals surface area contributed by atoms with E-state index in [0.717, 1.165) is 25.7 Å². The number of carbonyl (C=O) groups is 3. The van der Waals surface area contributed by atoms with Gasteiger partial charge in [0.15, 0.2) is 5.78 Å². The number of benzene rings is 3. The lowest BCUT2D eigenvalue weighted by Gasteiger charge is -2.35. The summed E-state index contributed by atoms with van der Waals surface area (Å²) >= 11 is 12.5. The van der Waals surface area contributed by atoms with E-state index in [4.69, 9.17) is 23.2 Å². The van der Waals surface area contributed by atoms with Gasteiger partial charge in [0.05, 0.1) is 11.1 Å². The molecule has 3 N–H and O–H groups in total. The molecule has 2 aliphatic heterocycles. The molecule has 1 spiro atoms. The van der Waals surface area contributed by atoms with E-state index in [-0.39, 0.29) is 22.3 Å². The van der Waals surface area contributed by atoms with Crippen LogP contribution < -0.4 is 16.0 Å². The van der Waals surface area contributed by atoms with Crippen molar-refractivity contribution in [1.82, 2.24) is 5.32 Å². The molecule has 1 fully saturated rings. The summed E-state index contributed by atoms with van der Waals surface area (Å²) in [5, 5.41) is 9.73. The standard InChI is InChI=1S/C32H32Cl2FN3O3/c1-3-4-5-6-10-26-32(23-16-13-20(33)17-25(23)37-31(32)41)27(22-8-7-9-24(34)28(22)35)29(38-26)30(40)36-21-14-11-19(12-15-21)18(2)39/h7-9,11-17,26-27,29,38H,3-6,10H2,1-2H3,(H,36,40)(H,37,41)/t26?,27-,29+,32+/m0/s1. The number of halogens is 3. The lowest BCUT2D eigenvalue weighted by Crippen LogP contribution is -2.48. The number of hydrogen-bond acceptors (Lipinski definition) is 4. The highest BCUT2D eigenvalue weighted by Gasteiger charge is 2.65. The minimum atomic E-state index is -1.29. The zero-order valence-electron chi connectivity index (χ0n) is 22.9. The van der Waals surface area contributed by atoms with E-state index < -0.39 is 35.1 Å². The maximum Gasteiger partial charge on any atom is 0.242 e. The van der Waals surface area contributed by atoms with Crippen LogP contribution in [0.3, 0.4) is 0 Å². The SMILES string of the molecule is CCCCCCC1N[C@@H](C(=O)Nc2ccc(C(C)=O)cc2)[C@H](c2cccc(Cl)c2F)[C@]12C(=O)Nc1cc(Cl)ccc12. The summed E-state index contributed by atoms with van der Waals surface area (Å²) in [7, 11) is 0. The Bertz CT molecular complexity index is 1500. The average molecular weight is 597 g/mol. The van der Waals surface area contributed by atoms with Crippen molar-refractivity contribution in [2.45, 2.75) is 69.4 Å². The van der Waals surface area contributed by atoms with Crippen molar-refractivity contribution in [2.75, 3.05) is 10.6 Å². The molecule has 0 aromatic heterocycles. The van der Waals surface area contributed by atoms with Gasteiger partial charge in [-0.3, -0.25) is 14.4 Å². The highest BCUT2D eigenvalue weighted by Crippen LogP contribution is 2.56. The maximum atomic E-state index is 15.8. The van der Waals surface area contributed by atoms with Gasteiger partial charge >= 0.3 is 0 Å². The van der Waals surface area contributed by atoms with Crippen LogP contribution in [0.4, 0.5) is 15.8 Å². The smallest absolute Gasteiger partial charge is 0.242 e. The number of unbranched alkanes of at least 4 members (excludes halogenated alkanes) is 3. The fourth-order valence-electron chi connectivity index (χ4n) is 6.41. The second kappa shape index (κ2) is 11.9. The number of Topliss-reactive ketones (excluding diaryl/α,β-unsaturated/α-hetero) is 1. The van der Waals surface area contributed by atoms with Crippen LogP contribution in [0.2, 0.25) is 10.0 Å². The Kier molecular flexibility index (Phi) is 8.50. The third-order valence-electron chi connectivity index (χ3n) is 8.31. The summed E-state index contributed by atoms with van der Waals surface area (Å²) < 4.78 is 15.8. The Balaban J connectivity index is 1.63. The van der Waals surface area contributed by atoms with E-state index in [0.29, 0.717) is 33.9 Å². The third-order valence-corrected chi connectivity index (χ3v) is 8.84. The van der Waals surface area contributed by atoms with E-state index >= 15 is 4.39 Å². The summed E-state index contributed by atoms with van der Waals surface area (Å²) in [6.45, 7) is 3.60. The molecule has 2 amide bonds. The fourth-order valence-corrected chi connectivity index (χ4v) is 6.77. The lowest BCUT2D eigenvalue weighted by atomic mass is 9.64. The van der Waals surface area contributed by atoms with Crippen LogP contribution in [0.5, 0.6) is 0 Å². The Labute approximate surface area is 249 Å². The Hall–Kier alpha value is -3.26. The Morgan fingerprint density at radius 3 is 2.49 bits per heavy atom. The van der Waals surface area contributed by atoms with E-state index in [2.05, 4.69) is 22.9 Å². The van der Waals surface area contributed by atoms with E-state index in [1.165, 1.54) is 13.0 Å². The van der Waals surface area contributed by atoms with Gasteiger partial charge in [0.2, 0.25) is 11.8 Å². The van der Waals surface area contributed by atoms with Crippen LogP contribution in [0, 0.1) is 5.82 Å². The predicted octanol–water partition coefficient (Wildman–Crippen LogP) is 7.26. The van der Waals surface area contributed by atoms with Gasteiger partial charge in [-0.1, -0.05) is 74.0 Å². The van der Waals surface area contributed by atoms with Crippen LogP contribution in [0.15, 0.2) is 60.7 Å². The average Bonchev–Trinajstić information content (AvgIpc) is 3.43. The molecule has 6 nitrogen and oxygen atoms in total. The van der Waals surface area contributed by atoms with Gasteiger partial charge in [-0.25, -0.2) is 4.39 Å². The number of ketones is 1. The van der Waals surface area contributed by atoms with Gasteiger partial charge in [0.1, 0.15) is 11.2 Å². The molecule has 0 bridgehead atoms. The van der Waals surface area contributed by atoms with Crippen molar-refractivity contribution in [3.05, 3.63) is 93.2 Å². The lowest BCUT2D eigenvalue weighted by molar-refractivity contribution is -0.122. The summed E-state index contributed by atoms with van der Waals surface area (Å²) in [4.78, 5) is 39.9. The van der Waals surface area contributed by atoms with E-state index in [9.17, 15) is 14.4 Å². The van der Waals surface area contributed by atoms with Crippen LogP contribution in [-0.4, -0.2) is 29.7 Å². The number of hydrogen-bond donors (Lipinski definition) is 3. The zero-order chi connectivity index (χ0) is 29.3. The summed E-state index contributed by atoms with van der Waals surface area (Å²) in [5.41, 5.74) is 1.12. The van der Waals surface area contributed by atoms with Crippen molar-refractivity contribution >= 4 is 52.2 Å². The fraction of sp³-hybridized carbons (Fsp3) is 0.344. The molecular weight excluding hydrogens is 564 g/mol. The first-order chi connectivity index (χ1) is 19.7. The van der Waals surface area contributed by atoms with Crippen molar-refractivity contribution < 1.29 is 18.8 Å². The first-order valence-electron chi connectivity index (χ1n) is 13.9. The summed E-state index contributed by atoms with van der Waals surface area (Å²) in [6, 6.07) is 15.0. The quantitative estimate of drug-likeness (QED) is 0.179. The molecule has 41 heavy (non-hydrogen) atoms. The molecule has 1 unspecified atom stereocenters. The molecule has 0 saturated carbocycles. The van der Waals surface area contributed by atoms with Crippen LogP contribution >= 0.6 is 23.2 Å². The van der Waals surface area contributed by atoms with E-state index in [1.807, 2.05) is 0 Å². The Morgan fingerprint density at radius 2 is 1.78 bits per heavy atom.